The minimum atomic E-state index is -0.287. The summed E-state index contributed by atoms with van der Waals surface area (Å²) in [7, 11) is 2.04. The van der Waals surface area contributed by atoms with Gasteiger partial charge < -0.3 is 9.30 Å². The van der Waals surface area contributed by atoms with Crippen LogP contribution in [0.25, 0.3) is 16.7 Å². The summed E-state index contributed by atoms with van der Waals surface area (Å²) in [6.07, 6.45) is 2.86. The molecule has 6 heteroatoms. The summed E-state index contributed by atoms with van der Waals surface area (Å²) in [6.45, 7) is 4.80. The van der Waals surface area contributed by atoms with Crippen molar-refractivity contribution in [1.29, 1.82) is 0 Å². The summed E-state index contributed by atoms with van der Waals surface area (Å²) < 4.78 is 22.5. The zero-order valence-electron chi connectivity index (χ0n) is 17.8. The fourth-order valence-corrected chi connectivity index (χ4v) is 4.08. The van der Waals surface area contributed by atoms with E-state index in [9.17, 15) is 9.18 Å². The van der Waals surface area contributed by atoms with Crippen LogP contribution in [0.5, 0.6) is 5.75 Å². The first-order valence-electron chi connectivity index (χ1n) is 10.4. The molecule has 158 valence electrons. The molecule has 1 saturated carbocycles. The van der Waals surface area contributed by atoms with Crippen LogP contribution < -0.4 is 10.3 Å². The number of imidazole rings is 1. The van der Waals surface area contributed by atoms with Crippen LogP contribution in [-0.4, -0.2) is 14.1 Å². The number of aryl methyl sites for hydroxylation is 1. The molecule has 5 nitrogen and oxygen atoms in total. The van der Waals surface area contributed by atoms with Crippen LogP contribution in [-0.2, 0) is 13.7 Å². The lowest BCUT2D eigenvalue weighted by atomic mass is 10.1. The molecule has 1 unspecified atom stereocenters. The molecule has 0 saturated heterocycles. The van der Waals surface area contributed by atoms with Crippen LogP contribution in [0.4, 0.5) is 4.39 Å². The van der Waals surface area contributed by atoms with Crippen molar-refractivity contribution < 1.29 is 9.13 Å². The summed E-state index contributed by atoms with van der Waals surface area (Å²) >= 11 is 0. The quantitative estimate of drug-likeness (QED) is 0.461. The van der Waals surface area contributed by atoms with Gasteiger partial charge >= 0.3 is 0 Å². The van der Waals surface area contributed by atoms with Crippen molar-refractivity contribution >= 4 is 11.0 Å². The Kier molecular flexibility index (Phi) is 4.46. The highest BCUT2D eigenvalue weighted by atomic mass is 19.1. The molecule has 5 rings (SSSR count). The molecular formula is C25H24FN3O2. The first-order valence-corrected chi connectivity index (χ1v) is 10.4. The average Bonchev–Trinajstić information content (AvgIpc) is 3.26. The molecule has 0 N–H and O–H groups in total. The second-order valence-electron chi connectivity index (χ2n) is 8.93. The Balaban J connectivity index is 1.40. The van der Waals surface area contributed by atoms with Crippen LogP contribution in [0.3, 0.4) is 0 Å². The number of benzene rings is 2. The summed E-state index contributed by atoms with van der Waals surface area (Å²) in [5.74, 6) is 1.78. The number of hydrogen-bond donors (Lipinski definition) is 0. The third-order valence-corrected chi connectivity index (χ3v) is 6.21. The van der Waals surface area contributed by atoms with E-state index in [2.05, 4.69) is 18.4 Å². The molecule has 1 aliphatic carbocycles. The van der Waals surface area contributed by atoms with Crippen LogP contribution >= 0.6 is 0 Å². The standard InChI is InChI=1S/C25H24FN3O2/c1-25(2)14-20(25)24-27-21-9-8-18(12-22(21)28(24)3)29-11-10-19(13-23(29)30)31-15-16-4-6-17(26)7-5-16/h4-13,20H,14-15H2,1-3H3. The molecule has 0 amide bonds. The highest BCUT2D eigenvalue weighted by Crippen LogP contribution is 2.58. The monoisotopic (exact) mass is 417 g/mol. The van der Waals surface area contributed by atoms with Crippen molar-refractivity contribution in [2.75, 3.05) is 0 Å². The van der Waals surface area contributed by atoms with Crippen molar-refractivity contribution in [2.24, 2.45) is 12.5 Å². The molecule has 0 bridgehead atoms. The predicted molar refractivity (Wildman–Crippen MR) is 118 cm³/mol. The second-order valence-corrected chi connectivity index (χ2v) is 8.93. The van der Waals surface area contributed by atoms with Crippen molar-refractivity contribution in [2.45, 2.75) is 32.8 Å². The van der Waals surface area contributed by atoms with Crippen molar-refractivity contribution in [3.63, 3.8) is 0 Å². The fraction of sp³-hybridized carbons (Fsp3) is 0.280. The van der Waals surface area contributed by atoms with Gasteiger partial charge in [0, 0.05) is 25.2 Å². The van der Waals surface area contributed by atoms with Crippen LogP contribution in [0.2, 0.25) is 0 Å². The van der Waals surface area contributed by atoms with Crippen LogP contribution in [0.15, 0.2) is 65.6 Å². The second kappa shape index (κ2) is 7.08. The maximum absolute atomic E-state index is 13.0. The zero-order chi connectivity index (χ0) is 21.8. The molecule has 2 aromatic heterocycles. The topological polar surface area (TPSA) is 49.0 Å². The van der Waals surface area contributed by atoms with Crippen molar-refractivity contribution in [3.8, 4) is 11.4 Å². The summed E-state index contributed by atoms with van der Waals surface area (Å²) in [4.78, 5) is 17.6. The largest absolute Gasteiger partial charge is 0.489 e. The van der Waals surface area contributed by atoms with E-state index in [0.29, 0.717) is 17.1 Å². The number of nitrogens with zero attached hydrogens (tertiary/aromatic N) is 3. The van der Waals surface area contributed by atoms with Gasteiger partial charge in [-0.1, -0.05) is 26.0 Å². The van der Waals surface area contributed by atoms with Gasteiger partial charge in [-0.2, -0.15) is 0 Å². The van der Waals surface area contributed by atoms with Gasteiger partial charge in [0.2, 0.25) is 0 Å². The minimum absolute atomic E-state index is 0.179. The molecular weight excluding hydrogens is 393 g/mol. The zero-order valence-corrected chi connectivity index (χ0v) is 17.8. The molecule has 0 aliphatic heterocycles. The summed E-state index contributed by atoms with van der Waals surface area (Å²) in [5.41, 5.74) is 3.70. The first-order chi connectivity index (χ1) is 14.8. The molecule has 1 atom stereocenters. The van der Waals surface area contributed by atoms with Crippen molar-refractivity contribution in [3.05, 3.63) is 88.4 Å². The van der Waals surface area contributed by atoms with E-state index >= 15 is 0 Å². The van der Waals surface area contributed by atoms with Gasteiger partial charge in [-0.3, -0.25) is 9.36 Å². The first kappa shape index (κ1) is 19.5. The smallest absolute Gasteiger partial charge is 0.258 e. The average molecular weight is 417 g/mol. The Morgan fingerprint density at radius 2 is 1.87 bits per heavy atom. The number of ether oxygens (including phenoxy) is 1. The number of fused-ring (bicyclic) bond motifs is 1. The van der Waals surface area contributed by atoms with Crippen molar-refractivity contribution in [1.82, 2.24) is 14.1 Å². The number of halogens is 1. The SMILES string of the molecule is Cn1c(C2CC2(C)C)nc2ccc(-n3ccc(OCc4ccc(F)cc4)cc3=O)cc21. The van der Waals surface area contributed by atoms with E-state index in [0.717, 1.165) is 34.5 Å². The molecule has 0 spiro atoms. The summed E-state index contributed by atoms with van der Waals surface area (Å²) in [5, 5.41) is 0. The van der Waals surface area contributed by atoms with E-state index in [1.54, 1.807) is 29.0 Å². The maximum Gasteiger partial charge on any atom is 0.258 e. The molecule has 1 aliphatic rings. The third kappa shape index (κ3) is 3.63. The summed E-state index contributed by atoms with van der Waals surface area (Å²) in [6, 6.07) is 15.2. The molecule has 1 fully saturated rings. The highest BCUT2D eigenvalue weighted by molar-refractivity contribution is 5.78. The van der Waals surface area contributed by atoms with Gasteiger partial charge in [-0.15, -0.1) is 0 Å². The number of pyridine rings is 1. The van der Waals surface area contributed by atoms with E-state index < -0.39 is 0 Å². The fourth-order valence-electron chi connectivity index (χ4n) is 4.08. The predicted octanol–water partition coefficient (Wildman–Crippen LogP) is 4.96. The van der Waals surface area contributed by atoms with Gasteiger partial charge in [0.1, 0.15) is 24.0 Å². The molecule has 2 heterocycles. The molecule has 2 aromatic carbocycles. The lowest BCUT2D eigenvalue weighted by molar-refractivity contribution is 0.305. The Bertz CT molecular complexity index is 1340. The lowest BCUT2D eigenvalue weighted by Crippen LogP contribution is -2.16. The third-order valence-electron chi connectivity index (χ3n) is 6.21. The molecule has 0 radical (unpaired) electrons. The van der Waals surface area contributed by atoms with Gasteiger partial charge in [-0.25, -0.2) is 9.37 Å². The van der Waals surface area contributed by atoms with E-state index in [-0.39, 0.29) is 18.0 Å². The van der Waals surface area contributed by atoms with Gasteiger partial charge in [0.05, 0.1) is 16.7 Å². The van der Waals surface area contributed by atoms with Gasteiger partial charge in [-0.05, 0) is 53.8 Å². The van der Waals surface area contributed by atoms with Gasteiger partial charge in [0.15, 0.2) is 0 Å². The van der Waals surface area contributed by atoms with Crippen LogP contribution in [0, 0.1) is 11.2 Å². The molecule has 31 heavy (non-hydrogen) atoms. The highest BCUT2D eigenvalue weighted by Gasteiger charge is 2.49. The van der Waals surface area contributed by atoms with Crippen LogP contribution in [0.1, 0.15) is 37.6 Å². The minimum Gasteiger partial charge on any atom is -0.489 e. The Morgan fingerprint density at radius 3 is 2.55 bits per heavy atom. The Hall–Kier alpha value is -3.41. The number of hydrogen-bond acceptors (Lipinski definition) is 3. The van der Waals surface area contributed by atoms with E-state index in [1.165, 1.54) is 18.2 Å². The number of aromatic nitrogens is 3. The Labute approximate surface area is 179 Å². The maximum atomic E-state index is 13.0. The lowest BCUT2D eigenvalue weighted by Gasteiger charge is -2.10. The van der Waals surface area contributed by atoms with E-state index in [4.69, 9.17) is 9.72 Å². The Morgan fingerprint density at radius 1 is 1.13 bits per heavy atom. The number of rotatable bonds is 5. The van der Waals surface area contributed by atoms with E-state index in [1.807, 2.05) is 25.2 Å². The normalized spacial score (nSPS) is 17.1. The molecule has 4 aromatic rings. The van der Waals surface area contributed by atoms with Gasteiger partial charge in [0.25, 0.3) is 5.56 Å².